The van der Waals surface area contributed by atoms with Gasteiger partial charge in [0.05, 0.1) is 5.69 Å². The molecule has 120 valence electrons. The van der Waals surface area contributed by atoms with Crippen molar-refractivity contribution in [1.82, 2.24) is 15.5 Å². The highest BCUT2D eigenvalue weighted by atomic mass is 32.2. The van der Waals surface area contributed by atoms with Crippen molar-refractivity contribution in [2.45, 2.75) is 32.1 Å². The number of aromatic nitrogens is 2. The summed E-state index contributed by atoms with van der Waals surface area (Å²) in [7, 11) is -2.40. The molecule has 1 aromatic rings. The van der Waals surface area contributed by atoms with E-state index in [9.17, 15) is 13.2 Å². The maximum Gasteiger partial charge on any atom is 0.273 e. The lowest BCUT2D eigenvalue weighted by Gasteiger charge is -2.24. The molecule has 0 radical (unpaired) electrons. The Morgan fingerprint density at radius 3 is 2.62 bits per heavy atom. The molecule has 1 aromatic heterocycles. The first-order valence-electron chi connectivity index (χ1n) is 6.43. The minimum absolute atomic E-state index is 0.182. The summed E-state index contributed by atoms with van der Waals surface area (Å²) in [5.74, 6) is -0.575. The molecule has 0 fully saturated rings. The molecule has 8 nitrogen and oxygen atoms in total. The van der Waals surface area contributed by atoms with Crippen molar-refractivity contribution in [2.75, 3.05) is 20.3 Å². The van der Waals surface area contributed by atoms with Crippen LogP contribution in [0.15, 0.2) is 4.90 Å². The van der Waals surface area contributed by atoms with Crippen LogP contribution in [0.5, 0.6) is 0 Å². The van der Waals surface area contributed by atoms with Gasteiger partial charge in [-0.05, 0) is 18.8 Å². The zero-order valence-corrected chi connectivity index (χ0v) is 13.5. The van der Waals surface area contributed by atoms with Crippen LogP contribution in [0.3, 0.4) is 0 Å². The summed E-state index contributed by atoms with van der Waals surface area (Å²) in [5.41, 5.74) is -0.155. The van der Waals surface area contributed by atoms with Crippen LogP contribution in [-0.4, -0.2) is 44.8 Å². The van der Waals surface area contributed by atoms with Crippen molar-refractivity contribution >= 4 is 15.9 Å². The second kappa shape index (κ2) is 6.54. The SMILES string of the molecule is COCCC(C)(C)CNC(=O)c1n[nH]c(C)c1S(N)(=O)=O. The average Bonchev–Trinajstić information content (AvgIpc) is 2.75. The number of rotatable bonds is 7. The Hall–Kier alpha value is -1.45. The number of carbonyl (C=O) groups excluding carboxylic acids is 1. The minimum Gasteiger partial charge on any atom is -0.385 e. The zero-order valence-electron chi connectivity index (χ0n) is 12.7. The van der Waals surface area contributed by atoms with Crippen LogP contribution in [0.25, 0.3) is 0 Å². The molecule has 0 aliphatic carbocycles. The van der Waals surface area contributed by atoms with E-state index in [0.29, 0.717) is 13.2 Å². The number of nitrogens with one attached hydrogen (secondary N) is 2. The Morgan fingerprint density at radius 1 is 1.48 bits per heavy atom. The number of methoxy groups -OCH3 is 1. The first-order valence-corrected chi connectivity index (χ1v) is 7.98. The molecule has 21 heavy (non-hydrogen) atoms. The lowest BCUT2D eigenvalue weighted by atomic mass is 9.89. The molecule has 0 saturated heterocycles. The lowest BCUT2D eigenvalue weighted by molar-refractivity contribution is 0.0912. The fraction of sp³-hybridized carbons (Fsp3) is 0.667. The number of primary sulfonamides is 1. The predicted molar refractivity (Wildman–Crippen MR) is 77.3 cm³/mol. The van der Waals surface area contributed by atoms with Crippen LogP contribution < -0.4 is 10.5 Å². The zero-order chi connectivity index (χ0) is 16.3. The number of H-pyrrole nitrogens is 1. The Balaban J connectivity index is 2.83. The third-order valence-corrected chi connectivity index (χ3v) is 4.17. The second-order valence-electron chi connectivity index (χ2n) is 5.66. The largest absolute Gasteiger partial charge is 0.385 e. The normalized spacial score (nSPS) is 12.4. The topological polar surface area (TPSA) is 127 Å². The average molecular weight is 318 g/mol. The minimum atomic E-state index is -4.01. The molecule has 0 aliphatic heterocycles. The summed E-state index contributed by atoms with van der Waals surface area (Å²) in [5, 5.41) is 14.0. The van der Waals surface area contributed by atoms with Gasteiger partial charge in [-0.25, -0.2) is 13.6 Å². The Bertz CT molecular complexity index is 607. The molecule has 0 aliphatic rings. The molecular formula is C12H22N4O4S. The van der Waals surface area contributed by atoms with E-state index < -0.39 is 15.9 Å². The van der Waals surface area contributed by atoms with Crippen molar-refractivity contribution in [1.29, 1.82) is 0 Å². The van der Waals surface area contributed by atoms with Gasteiger partial charge in [-0.2, -0.15) is 5.10 Å². The fourth-order valence-electron chi connectivity index (χ4n) is 1.79. The summed E-state index contributed by atoms with van der Waals surface area (Å²) in [6.07, 6.45) is 0.755. The van der Waals surface area contributed by atoms with Crippen molar-refractivity contribution in [3.63, 3.8) is 0 Å². The molecule has 0 aromatic carbocycles. The van der Waals surface area contributed by atoms with Crippen molar-refractivity contribution in [3.8, 4) is 0 Å². The highest BCUT2D eigenvalue weighted by molar-refractivity contribution is 7.89. The number of carbonyl (C=O) groups is 1. The summed E-state index contributed by atoms with van der Waals surface area (Å²) >= 11 is 0. The summed E-state index contributed by atoms with van der Waals surface area (Å²) < 4.78 is 28.0. The number of aryl methyl sites for hydroxylation is 1. The van der Waals surface area contributed by atoms with Gasteiger partial charge in [0.15, 0.2) is 5.69 Å². The summed E-state index contributed by atoms with van der Waals surface area (Å²) in [6.45, 7) is 6.38. The van der Waals surface area contributed by atoms with E-state index >= 15 is 0 Å². The van der Waals surface area contributed by atoms with Gasteiger partial charge >= 0.3 is 0 Å². The molecule has 9 heteroatoms. The maximum atomic E-state index is 12.1. The van der Waals surface area contributed by atoms with E-state index in [1.165, 1.54) is 6.92 Å². The van der Waals surface area contributed by atoms with Gasteiger partial charge in [0.1, 0.15) is 4.90 Å². The molecule has 1 heterocycles. The Labute approximate surface area is 124 Å². The van der Waals surface area contributed by atoms with E-state index in [1.54, 1.807) is 7.11 Å². The number of aromatic amines is 1. The van der Waals surface area contributed by atoms with E-state index in [2.05, 4.69) is 15.5 Å². The standard InChI is InChI=1S/C12H22N4O4S/c1-8-10(21(13,18)19)9(16-15-8)11(17)14-7-12(2,3)5-6-20-4/h5-7H2,1-4H3,(H,14,17)(H,15,16)(H2,13,18,19). The lowest BCUT2D eigenvalue weighted by Crippen LogP contribution is -2.35. The van der Waals surface area contributed by atoms with Crippen molar-refractivity contribution in [2.24, 2.45) is 10.6 Å². The van der Waals surface area contributed by atoms with Gasteiger partial charge in [0, 0.05) is 20.3 Å². The van der Waals surface area contributed by atoms with Gasteiger partial charge < -0.3 is 10.1 Å². The summed E-state index contributed by atoms with van der Waals surface area (Å²) in [4.78, 5) is 11.8. The van der Waals surface area contributed by atoms with Crippen LogP contribution in [0, 0.1) is 12.3 Å². The van der Waals surface area contributed by atoms with Gasteiger partial charge in [-0.15, -0.1) is 0 Å². The molecule has 1 amide bonds. The highest BCUT2D eigenvalue weighted by Crippen LogP contribution is 2.20. The monoisotopic (exact) mass is 318 g/mol. The van der Waals surface area contributed by atoms with Gasteiger partial charge in [0.25, 0.3) is 5.91 Å². The molecular weight excluding hydrogens is 296 g/mol. The molecule has 0 spiro atoms. The van der Waals surface area contributed by atoms with E-state index in [1.807, 2.05) is 13.8 Å². The van der Waals surface area contributed by atoms with Gasteiger partial charge in [-0.3, -0.25) is 9.89 Å². The molecule has 0 bridgehead atoms. The molecule has 4 N–H and O–H groups in total. The number of nitrogens with two attached hydrogens (primary N) is 1. The van der Waals surface area contributed by atoms with Crippen LogP contribution in [0.1, 0.15) is 36.5 Å². The van der Waals surface area contributed by atoms with E-state index in [0.717, 1.165) is 6.42 Å². The predicted octanol–water partition coefficient (Wildman–Crippen LogP) is 0.158. The number of amides is 1. The van der Waals surface area contributed by atoms with Crippen molar-refractivity contribution < 1.29 is 17.9 Å². The Kier molecular flexibility index (Phi) is 5.48. The smallest absolute Gasteiger partial charge is 0.273 e. The number of hydrogen-bond donors (Lipinski definition) is 3. The number of sulfonamides is 1. The number of nitrogens with zero attached hydrogens (tertiary/aromatic N) is 1. The number of hydrogen-bond acceptors (Lipinski definition) is 5. The van der Waals surface area contributed by atoms with E-state index in [-0.39, 0.29) is 21.7 Å². The second-order valence-corrected chi connectivity index (χ2v) is 7.16. The quantitative estimate of drug-likeness (QED) is 0.660. The van der Waals surface area contributed by atoms with E-state index in [4.69, 9.17) is 9.88 Å². The molecule has 1 rings (SSSR count). The molecule has 0 atom stereocenters. The maximum absolute atomic E-state index is 12.1. The van der Waals surface area contributed by atoms with Crippen LogP contribution in [0.2, 0.25) is 0 Å². The molecule has 0 saturated carbocycles. The fourth-order valence-corrected chi connectivity index (χ4v) is 2.67. The third kappa shape index (κ3) is 4.80. The van der Waals surface area contributed by atoms with Crippen molar-refractivity contribution in [3.05, 3.63) is 11.4 Å². The molecule has 0 unspecified atom stereocenters. The first kappa shape index (κ1) is 17.6. The van der Waals surface area contributed by atoms with Crippen LogP contribution >= 0.6 is 0 Å². The van der Waals surface area contributed by atoms with Gasteiger partial charge in [0.2, 0.25) is 10.0 Å². The van der Waals surface area contributed by atoms with Crippen LogP contribution in [0.4, 0.5) is 0 Å². The first-order chi connectivity index (χ1) is 9.58. The highest BCUT2D eigenvalue weighted by Gasteiger charge is 2.27. The van der Waals surface area contributed by atoms with Crippen LogP contribution in [-0.2, 0) is 14.8 Å². The summed E-state index contributed by atoms with van der Waals surface area (Å²) in [6, 6.07) is 0. The third-order valence-electron chi connectivity index (χ3n) is 3.10. The number of ether oxygens (including phenoxy) is 1. The Morgan fingerprint density at radius 2 is 2.10 bits per heavy atom. The van der Waals surface area contributed by atoms with Gasteiger partial charge in [-0.1, -0.05) is 13.8 Å².